The van der Waals surface area contributed by atoms with Gasteiger partial charge in [-0.15, -0.1) is 11.3 Å². The van der Waals surface area contributed by atoms with Crippen LogP contribution in [-0.4, -0.2) is 10.1 Å². The zero-order valence-corrected chi connectivity index (χ0v) is 9.37. The van der Waals surface area contributed by atoms with E-state index in [1.807, 2.05) is 36.6 Å². The van der Waals surface area contributed by atoms with Gasteiger partial charge in [-0.05, 0) is 30.0 Å². The van der Waals surface area contributed by atoms with Crippen molar-refractivity contribution in [2.24, 2.45) is 0 Å². The molecular weight excluding hydrogens is 206 g/mol. The Bertz CT molecular complexity index is 408. The summed E-state index contributed by atoms with van der Waals surface area (Å²) < 4.78 is 0. The molecule has 0 unspecified atom stereocenters. The van der Waals surface area contributed by atoms with Crippen molar-refractivity contribution in [3.8, 4) is 0 Å². The van der Waals surface area contributed by atoms with Crippen LogP contribution in [-0.2, 0) is 12.0 Å². The summed E-state index contributed by atoms with van der Waals surface area (Å²) in [4.78, 5) is 5.03. The van der Waals surface area contributed by atoms with Crippen molar-refractivity contribution < 1.29 is 5.11 Å². The van der Waals surface area contributed by atoms with Crippen molar-refractivity contribution in [1.29, 1.82) is 0 Å². The van der Waals surface area contributed by atoms with Gasteiger partial charge in [-0.25, -0.2) is 0 Å². The lowest BCUT2D eigenvalue weighted by Crippen LogP contribution is -2.22. The van der Waals surface area contributed by atoms with E-state index in [9.17, 15) is 5.11 Å². The molecular formula is C12H13NOS. The number of hydrogen-bond acceptors (Lipinski definition) is 3. The first kappa shape index (κ1) is 10.3. The quantitative estimate of drug-likeness (QED) is 0.860. The first-order valence-corrected chi connectivity index (χ1v) is 5.72. The van der Waals surface area contributed by atoms with Gasteiger partial charge in [0, 0.05) is 23.7 Å². The number of thiophene rings is 1. The standard InChI is InChI=1S/C12H13NOS/c1-12(14,11-5-3-7-15-11)8-10-4-2-6-13-9-10/h2-7,9,14H,8H2,1H3/t12-/m1/s1. The second kappa shape index (κ2) is 4.13. The van der Waals surface area contributed by atoms with Crippen LogP contribution < -0.4 is 0 Å². The summed E-state index contributed by atoms with van der Waals surface area (Å²) in [5.41, 5.74) is 0.257. The molecule has 3 heteroatoms. The molecule has 1 atom stereocenters. The lowest BCUT2D eigenvalue weighted by atomic mass is 9.96. The van der Waals surface area contributed by atoms with Crippen molar-refractivity contribution in [3.63, 3.8) is 0 Å². The van der Waals surface area contributed by atoms with Crippen molar-refractivity contribution in [1.82, 2.24) is 4.98 Å². The van der Waals surface area contributed by atoms with Crippen LogP contribution in [0.5, 0.6) is 0 Å². The van der Waals surface area contributed by atoms with E-state index in [2.05, 4.69) is 4.98 Å². The predicted octanol–water partition coefficient (Wildman–Crippen LogP) is 2.59. The molecule has 2 aromatic rings. The third-order valence-electron chi connectivity index (χ3n) is 2.32. The van der Waals surface area contributed by atoms with Gasteiger partial charge in [0.1, 0.15) is 5.60 Å². The first-order valence-electron chi connectivity index (χ1n) is 4.84. The van der Waals surface area contributed by atoms with Gasteiger partial charge in [-0.2, -0.15) is 0 Å². The predicted molar refractivity (Wildman–Crippen MR) is 61.8 cm³/mol. The maximum absolute atomic E-state index is 10.3. The van der Waals surface area contributed by atoms with E-state index in [0.29, 0.717) is 6.42 Å². The third-order valence-corrected chi connectivity index (χ3v) is 3.45. The van der Waals surface area contributed by atoms with Crippen LogP contribution >= 0.6 is 11.3 Å². The third kappa shape index (κ3) is 2.43. The van der Waals surface area contributed by atoms with Gasteiger partial charge >= 0.3 is 0 Å². The fraction of sp³-hybridized carbons (Fsp3) is 0.250. The van der Waals surface area contributed by atoms with E-state index in [1.165, 1.54) is 0 Å². The van der Waals surface area contributed by atoms with E-state index >= 15 is 0 Å². The molecule has 2 rings (SSSR count). The molecule has 0 saturated carbocycles. The largest absolute Gasteiger partial charge is 0.384 e. The Balaban J connectivity index is 2.18. The average Bonchev–Trinajstić information content (AvgIpc) is 2.71. The van der Waals surface area contributed by atoms with Gasteiger partial charge in [0.25, 0.3) is 0 Å². The fourth-order valence-electron chi connectivity index (χ4n) is 1.57. The summed E-state index contributed by atoms with van der Waals surface area (Å²) in [5.74, 6) is 0. The molecule has 78 valence electrons. The van der Waals surface area contributed by atoms with E-state index < -0.39 is 5.60 Å². The molecule has 0 saturated heterocycles. The minimum Gasteiger partial charge on any atom is -0.384 e. The maximum atomic E-state index is 10.3. The summed E-state index contributed by atoms with van der Waals surface area (Å²) in [6, 6.07) is 7.79. The number of hydrogen-bond donors (Lipinski definition) is 1. The molecule has 0 aliphatic heterocycles. The molecule has 0 aliphatic carbocycles. The minimum absolute atomic E-state index is 0.599. The van der Waals surface area contributed by atoms with Gasteiger partial charge in [0.2, 0.25) is 0 Å². The minimum atomic E-state index is -0.794. The smallest absolute Gasteiger partial charge is 0.100 e. The van der Waals surface area contributed by atoms with Crippen LogP contribution in [0.4, 0.5) is 0 Å². The van der Waals surface area contributed by atoms with E-state index in [1.54, 1.807) is 23.7 Å². The van der Waals surface area contributed by atoms with Gasteiger partial charge in [-0.1, -0.05) is 12.1 Å². The number of pyridine rings is 1. The Labute approximate surface area is 93.2 Å². The zero-order valence-electron chi connectivity index (χ0n) is 8.55. The van der Waals surface area contributed by atoms with Gasteiger partial charge in [0.15, 0.2) is 0 Å². The molecule has 2 nitrogen and oxygen atoms in total. The summed E-state index contributed by atoms with van der Waals surface area (Å²) in [6.45, 7) is 1.84. The molecule has 0 bridgehead atoms. The molecule has 0 aliphatic rings. The molecule has 2 aromatic heterocycles. The van der Waals surface area contributed by atoms with Crippen molar-refractivity contribution in [2.75, 3.05) is 0 Å². The highest BCUT2D eigenvalue weighted by molar-refractivity contribution is 7.10. The number of rotatable bonds is 3. The second-order valence-corrected chi connectivity index (χ2v) is 4.74. The van der Waals surface area contributed by atoms with E-state index in [-0.39, 0.29) is 0 Å². The average molecular weight is 219 g/mol. The monoisotopic (exact) mass is 219 g/mol. The summed E-state index contributed by atoms with van der Waals surface area (Å²) in [6.07, 6.45) is 4.13. The fourth-order valence-corrected chi connectivity index (χ4v) is 2.36. The Kier molecular flexibility index (Phi) is 2.84. The summed E-state index contributed by atoms with van der Waals surface area (Å²) in [5, 5.41) is 12.3. The molecule has 1 N–H and O–H groups in total. The van der Waals surface area contributed by atoms with Crippen LogP contribution in [0.25, 0.3) is 0 Å². The van der Waals surface area contributed by atoms with E-state index in [0.717, 1.165) is 10.4 Å². The highest BCUT2D eigenvalue weighted by atomic mass is 32.1. The Morgan fingerprint density at radius 1 is 1.40 bits per heavy atom. The molecule has 0 amide bonds. The normalized spacial score (nSPS) is 14.8. The van der Waals surface area contributed by atoms with Gasteiger partial charge < -0.3 is 5.11 Å². The maximum Gasteiger partial charge on any atom is 0.100 e. The molecule has 0 aromatic carbocycles. The Morgan fingerprint density at radius 2 is 2.27 bits per heavy atom. The topological polar surface area (TPSA) is 33.1 Å². The Hall–Kier alpha value is -1.19. The van der Waals surface area contributed by atoms with Crippen molar-refractivity contribution >= 4 is 11.3 Å². The molecule has 2 heterocycles. The lowest BCUT2D eigenvalue weighted by molar-refractivity contribution is 0.0614. The van der Waals surface area contributed by atoms with Crippen LogP contribution in [0, 0.1) is 0 Å². The highest BCUT2D eigenvalue weighted by Crippen LogP contribution is 2.28. The molecule has 0 radical (unpaired) electrons. The zero-order chi connectivity index (χ0) is 10.7. The summed E-state index contributed by atoms with van der Waals surface area (Å²) in [7, 11) is 0. The second-order valence-electron chi connectivity index (χ2n) is 3.79. The number of nitrogens with zero attached hydrogens (tertiary/aromatic N) is 1. The van der Waals surface area contributed by atoms with Crippen LogP contribution in [0.1, 0.15) is 17.4 Å². The van der Waals surface area contributed by atoms with Crippen LogP contribution in [0.3, 0.4) is 0 Å². The summed E-state index contributed by atoms with van der Waals surface area (Å²) >= 11 is 1.58. The van der Waals surface area contributed by atoms with Gasteiger partial charge in [0.05, 0.1) is 0 Å². The van der Waals surface area contributed by atoms with Crippen LogP contribution in [0.2, 0.25) is 0 Å². The van der Waals surface area contributed by atoms with Crippen LogP contribution in [0.15, 0.2) is 42.0 Å². The highest BCUT2D eigenvalue weighted by Gasteiger charge is 2.24. The molecule has 0 spiro atoms. The number of aliphatic hydroxyl groups is 1. The Morgan fingerprint density at radius 3 is 2.87 bits per heavy atom. The van der Waals surface area contributed by atoms with Crippen molar-refractivity contribution in [3.05, 3.63) is 52.5 Å². The first-order chi connectivity index (χ1) is 7.18. The molecule has 0 fully saturated rings. The van der Waals surface area contributed by atoms with E-state index in [4.69, 9.17) is 0 Å². The SMILES string of the molecule is C[C@@](O)(Cc1cccnc1)c1cccs1. The van der Waals surface area contributed by atoms with Crippen molar-refractivity contribution in [2.45, 2.75) is 18.9 Å². The van der Waals surface area contributed by atoms with Gasteiger partial charge in [-0.3, -0.25) is 4.98 Å². The number of aromatic nitrogens is 1. The molecule has 15 heavy (non-hydrogen) atoms. The lowest BCUT2D eigenvalue weighted by Gasteiger charge is -2.21.